The van der Waals surface area contributed by atoms with E-state index in [9.17, 15) is 0 Å². The fraction of sp³-hybridized carbons (Fsp3) is 0.167. The quantitative estimate of drug-likeness (QED) is 0.437. The van der Waals surface area contributed by atoms with Crippen molar-refractivity contribution < 1.29 is 4.74 Å². The number of aromatic nitrogens is 3. The van der Waals surface area contributed by atoms with E-state index in [2.05, 4.69) is 43.4 Å². The standard InChI is InChI=1S/C18H17BrN4OS/c1-13-21-22-18(25-12-15-3-7-16(19)8-4-15)23(13)20-11-14-5-9-17(24-2)10-6-14/h3-11H,12H2,1-2H3/b20-11+. The van der Waals surface area contributed by atoms with Gasteiger partial charge in [0.1, 0.15) is 5.75 Å². The molecule has 0 radical (unpaired) electrons. The van der Waals surface area contributed by atoms with Gasteiger partial charge in [0.05, 0.1) is 13.3 Å². The third kappa shape index (κ3) is 4.70. The maximum atomic E-state index is 5.16. The molecule has 2 aromatic carbocycles. The van der Waals surface area contributed by atoms with Gasteiger partial charge in [-0.05, 0) is 54.4 Å². The summed E-state index contributed by atoms with van der Waals surface area (Å²) < 4.78 is 7.99. The Morgan fingerprint density at radius 3 is 2.52 bits per heavy atom. The topological polar surface area (TPSA) is 52.3 Å². The van der Waals surface area contributed by atoms with Gasteiger partial charge in [0.15, 0.2) is 5.82 Å². The Bertz CT molecular complexity index is 860. The van der Waals surface area contributed by atoms with E-state index in [0.29, 0.717) is 0 Å². The van der Waals surface area contributed by atoms with Crippen LogP contribution in [0.3, 0.4) is 0 Å². The normalized spacial score (nSPS) is 11.2. The minimum Gasteiger partial charge on any atom is -0.497 e. The average Bonchev–Trinajstić information content (AvgIpc) is 2.99. The number of halogens is 1. The number of nitrogens with zero attached hydrogens (tertiary/aromatic N) is 4. The molecule has 0 saturated carbocycles. The van der Waals surface area contributed by atoms with Crippen molar-refractivity contribution in [2.45, 2.75) is 17.8 Å². The molecule has 3 aromatic rings. The molecular weight excluding hydrogens is 400 g/mol. The lowest BCUT2D eigenvalue weighted by molar-refractivity contribution is 0.415. The van der Waals surface area contributed by atoms with Crippen LogP contribution in [0.25, 0.3) is 0 Å². The zero-order valence-electron chi connectivity index (χ0n) is 13.9. The van der Waals surface area contributed by atoms with Gasteiger partial charge in [-0.3, -0.25) is 0 Å². The SMILES string of the molecule is COc1ccc(/C=N/n2c(C)nnc2SCc2ccc(Br)cc2)cc1. The van der Waals surface area contributed by atoms with Gasteiger partial charge in [0.2, 0.25) is 5.16 Å². The summed E-state index contributed by atoms with van der Waals surface area (Å²) in [6, 6.07) is 16.0. The van der Waals surface area contributed by atoms with Crippen LogP contribution in [0.15, 0.2) is 63.3 Å². The summed E-state index contributed by atoms with van der Waals surface area (Å²) in [5.41, 5.74) is 2.21. The van der Waals surface area contributed by atoms with Crippen molar-refractivity contribution >= 4 is 33.9 Å². The maximum Gasteiger partial charge on any atom is 0.212 e. The highest BCUT2D eigenvalue weighted by atomic mass is 79.9. The van der Waals surface area contributed by atoms with Gasteiger partial charge in [-0.25, -0.2) is 0 Å². The maximum absolute atomic E-state index is 5.16. The lowest BCUT2D eigenvalue weighted by Crippen LogP contribution is -1.96. The average molecular weight is 417 g/mol. The molecule has 0 aliphatic rings. The van der Waals surface area contributed by atoms with E-state index in [-0.39, 0.29) is 0 Å². The highest BCUT2D eigenvalue weighted by Gasteiger charge is 2.08. The Morgan fingerprint density at radius 2 is 1.84 bits per heavy atom. The number of hydrogen-bond acceptors (Lipinski definition) is 5. The van der Waals surface area contributed by atoms with E-state index >= 15 is 0 Å². The van der Waals surface area contributed by atoms with Crippen LogP contribution in [0.4, 0.5) is 0 Å². The smallest absolute Gasteiger partial charge is 0.212 e. The minimum absolute atomic E-state index is 0.753. The van der Waals surface area contributed by atoms with Gasteiger partial charge < -0.3 is 4.74 Å². The highest BCUT2D eigenvalue weighted by Crippen LogP contribution is 2.23. The summed E-state index contributed by atoms with van der Waals surface area (Å²) in [7, 11) is 1.65. The second-order valence-electron chi connectivity index (χ2n) is 5.27. The van der Waals surface area contributed by atoms with Crippen molar-refractivity contribution in [1.82, 2.24) is 14.9 Å². The molecule has 1 aromatic heterocycles. The van der Waals surface area contributed by atoms with Crippen LogP contribution in [0.1, 0.15) is 17.0 Å². The van der Waals surface area contributed by atoms with Crippen LogP contribution < -0.4 is 4.74 Å². The number of aryl methyl sites for hydroxylation is 1. The molecule has 25 heavy (non-hydrogen) atoms. The Kier molecular flexibility index (Phi) is 5.88. The summed E-state index contributed by atoms with van der Waals surface area (Å²) in [5, 5.41) is 13.6. The van der Waals surface area contributed by atoms with Crippen LogP contribution in [-0.4, -0.2) is 28.2 Å². The number of thioether (sulfide) groups is 1. The summed E-state index contributed by atoms with van der Waals surface area (Å²) in [6.45, 7) is 1.89. The Morgan fingerprint density at radius 1 is 1.12 bits per heavy atom. The van der Waals surface area contributed by atoms with E-state index in [4.69, 9.17) is 4.74 Å². The number of methoxy groups -OCH3 is 1. The van der Waals surface area contributed by atoms with E-state index in [0.717, 1.165) is 32.5 Å². The monoisotopic (exact) mass is 416 g/mol. The number of ether oxygens (including phenoxy) is 1. The Hall–Kier alpha value is -2.12. The lowest BCUT2D eigenvalue weighted by atomic mass is 10.2. The molecule has 3 rings (SSSR count). The predicted octanol–water partition coefficient (Wildman–Crippen LogP) is 4.53. The molecule has 1 heterocycles. The van der Waals surface area contributed by atoms with Gasteiger partial charge in [0.25, 0.3) is 0 Å². The first-order chi connectivity index (χ1) is 12.2. The van der Waals surface area contributed by atoms with Crippen molar-refractivity contribution in [2.24, 2.45) is 5.10 Å². The predicted molar refractivity (Wildman–Crippen MR) is 104 cm³/mol. The zero-order valence-corrected chi connectivity index (χ0v) is 16.3. The van der Waals surface area contributed by atoms with Crippen molar-refractivity contribution in [3.8, 4) is 5.75 Å². The van der Waals surface area contributed by atoms with E-state index in [1.807, 2.05) is 43.3 Å². The van der Waals surface area contributed by atoms with Crippen LogP contribution in [0.2, 0.25) is 0 Å². The molecule has 0 amide bonds. The van der Waals surface area contributed by atoms with Gasteiger partial charge in [0, 0.05) is 10.2 Å². The third-order valence-corrected chi connectivity index (χ3v) is 5.01. The van der Waals surface area contributed by atoms with Gasteiger partial charge in [-0.15, -0.1) is 10.2 Å². The highest BCUT2D eigenvalue weighted by molar-refractivity contribution is 9.10. The summed E-state index contributed by atoms with van der Waals surface area (Å²) >= 11 is 5.06. The number of rotatable bonds is 6. The molecule has 7 heteroatoms. The zero-order chi connectivity index (χ0) is 17.6. The second kappa shape index (κ2) is 8.31. The second-order valence-corrected chi connectivity index (χ2v) is 7.13. The fourth-order valence-electron chi connectivity index (χ4n) is 2.10. The lowest BCUT2D eigenvalue weighted by Gasteiger charge is -2.03. The Labute approximate surface area is 159 Å². The van der Waals surface area contributed by atoms with Crippen LogP contribution in [0, 0.1) is 6.92 Å². The molecule has 0 unspecified atom stereocenters. The molecule has 0 aliphatic heterocycles. The molecule has 0 fully saturated rings. The van der Waals surface area contributed by atoms with Gasteiger partial charge >= 0.3 is 0 Å². The molecule has 0 atom stereocenters. The van der Waals surface area contributed by atoms with Gasteiger partial charge in [-0.1, -0.05) is 39.8 Å². The number of benzene rings is 2. The molecule has 0 saturated heterocycles. The number of hydrogen-bond donors (Lipinski definition) is 0. The third-order valence-electron chi connectivity index (χ3n) is 3.49. The van der Waals surface area contributed by atoms with Crippen molar-refractivity contribution in [3.63, 3.8) is 0 Å². The summed E-state index contributed by atoms with van der Waals surface area (Å²) in [4.78, 5) is 0. The van der Waals surface area contributed by atoms with Crippen LogP contribution in [0.5, 0.6) is 5.75 Å². The Balaban J connectivity index is 1.72. The van der Waals surface area contributed by atoms with Crippen molar-refractivity contribution in [3.05, 3.63) is 70.0 Å². The van der Waals surface area contributed by atoms with Crippen molar-refractivity contribution in [1.29, 1.82) is 0 Å². The molecular formula is C18H17BrN4OS. The van der Waals surface area contributed by atoms with Crippen molar-refractivity contribution in [2.75, 3.05) is 7.11 Å². The molecule has 0 bridgehead atoms. The van der Waals surface area contributed by atoms with Gasteiger partial charge in [-0.2, -0.15) is 9.78 Å². The van der Waals surface area contributed by atoms with Crippen LogP contribution in [-0.2, 0) is 5.75 Å². The summed E-state index contributed by atoms with van der Waals surface area (Å²) in [6.07, 6.45) is 1.79. The summed E-state index contributed by atoms with van der Waals surface area (Å²) in [5.74, 6) is 2.38. The molecule has 5 nitrogen and oxygen atoms in total. The first-order valence-electron chi connectivity index (χ1n) is 7.63. The first-order valence-corrected chi connectivity index (χ1v) is 9.41. The van der Waals surface area contributed by atoms with Crippen LogP contribution >= 0.6 is 27.7 Å². The molecule has 128 valence electrons. The fourth-order valence-corrected chi connectivity index (χ4v) is 3.26. The molecule has 0 spiro atoms. The molecule has 0 N–H and O–H groups in total. The van der Waals surface area contributed by atoms with E-state index in [1.54, 1.807) is 29.8 Å². The largest absolute Gasteiger partial charge is 0.497 e. The van der Waals surface area contributed by atoms with E-state index < -0.39 is 0 Å². The molecule has 0 aliphatic carbocycles. The van der Waals surface area contributed by atoms with E-state index in [1.165, 1.54) is 5.56 Å². The first kappa shape index (κ1) is 17.7. The minimum atomic E-state index is 0.753.